The lowest BCUT2D eigenvalue weighted by molar-refractivity contribution is 0.128. The highest BCUT2D eigenvalue weighted by Crippen LogP contribution is 2.31. The summed E-state index contributed by atoms with van der Waals surface area (Å²) < 4.78 is 26.6. The number of carbonyl (C=O) groups excluding carboxylic acids is 1. The SMILES string of the molecule is COC(=O)N1CC[C@@H](CN2CCC(c3nc(-n4nc(C(C)C)c5cccc(F)c54)no3)CC2)C1.Cl. The standard InChI is InChI=1S/C24H31FN6O3.ClH/c1-15(2)20-18-5-4-6-19(25)21(18)31(27-20)23-26-22(34-28-23)17-8-10-29(11-9-17)13-16-7-12-30(14-16)24(32)33-3;/h4-6,15-17H,7-14H2,1-3H3;1H/t16-;/m0./s1. The number of likely N-dealkylation sites (tertiary alicyclic amines) is 2. The average molecular weight is 507 g/mol. The highest BCUT2D eigenvalue weighted by Gasteiger charge is 2.31. The molecule has 0 aliphatic carbocycles. The smallest absolute Gasteiger partial charge is 0.409 e. The summed E-state index contributed by atoms with van der Waals surface area (Å²) in [6.07, 6.45) is 2.61. The average Bonchev–Trinajstić information content (AvgIpc) is 3.58. The summed E-state index contributed by atoms with van der Waals surface area (Å²) in [4.78, 5) is 20.6. The van der Waals surface area contributed by atoms with Crippen molar-refractivity contribution in [2.24, 2.45) is 5.92 Å². The number of fused-ring (bicyclic) bond motifs is 1. The van der Waals surface area contributed by atoms with E-state index in [4.69, 9.17) is 9.26 Å². The first-order valence-corrected chi connectivity index (χ1v) is 12.0. The van der Waals surface area contributed by atoms with E-state index < -0.39 is 0 Å². The van der Waals surface area contributed by atoms with Gasteiger partial charge in [-0.1, -0.05) is 26.0 Å². The number of aromatic nitrogens is 4. The van der Waals surface area contributed by atoms with E-state index in [2.05, 4.69) is 20.1 Å². The molecule has 2 aromatic heterocycles. The molecular formula is C24H32ClFN6O3. The highest BCUT2D eigenvalue weighted by atomic mass is 35.5. The number of benzene rings is 1. The number of ether oxygens (including phenoxy) is 1. The number of carbonyl (C=O) groups is 1. The van der Waals surface area contributed by atoms with Gasteiger partial charge in [0.1, 0.15) is 11.3 Å². The Kier molecular flexibility index (Phi) is 7.61. The van der Waals surface area contributed by atoms with E-state index in [1.807, 2.05) is 19.9 Å². The zero-order chi connectivity index (χ0) is 23.8. The first-order chi connectivity index (χ1) is 16.4. The molecule has 0 saturated carbocycles. The van der Waals surface area contributed by atoms with Gasteiger partial charge in [0.25, 0.3) is 5.95 Å². The Morgan fingerprint density at radius 1 is 1.23 bits per heavy atom. The summed E-state index contributed by atoms with van der Waals surface area (Å²) in [7, 11) is 1.43. The summed E-state index contributed by atoms with van der Waals surface area (Å²) in [6, 6.07) is 5.00. The van der Waals surface area contributed by atoms with Gasteiger partial charge in [-0.2, -0.15) is 14.8 Å². The normalized spacial score (nSPS) is 19.5. The fraction of sp³-hybridized carbons (Fsp3) is 0.583. The van der Waals surface area contributed by atoms with Crippen molar-refractivity contribution < 1.29 is 18.4 Å². The molecule has 3 aromatic rings. The van der Waals surface area contributed by atoms with Crippen molar-refractivity contribution in [3.05, 3.63) is 35.6 Å². The number of methoxy groups -OCH3 is 1. The van der Waals surface area contributed by atoms with Crippen LogP contribution in [0.3, 0.4) is 0 Å². The zero-order valence-electron chi connectivity index (χ0n) is 20.3. The molecule has 9 nitrogen and oxygen atoms in total. The summed E-state index contributed by atoms with van der Waals surface area (Å²) in [5.41, 5.74) is 1.19. The number of halogens is 2. The molecule has 5 rings (SSSR count). The van der Waals surface area contributed by atoms with E-state index in [-0.39, 0.29) is 42.1 Å². The van der Waals surface area contributed by atoms with E-state index >= 15 is 0 Å². The Morgan fingerprint density at radius 3 is 2.71 bits per heavy atom. The minimum absolute atomic E-state index is 0. The largest absolute Gasteiger partial charge is 0.453 e. The van der Waals surface area contributed by atoms with Crippen molar-refractivity contribution in [2.45, 2.75) is 44.9 Å². The van der Waals surface area contributed by atoms with Gasteiger partial charge in [-0.15, -0.1) is 12.4 Å². The van der Waals surface area contributed by atoms with Crippen LogP contribution in [0, 0.1) is 11.7 Å². The minimum Gasteiger partial charge on any atom is -0.453 e. The van der Waals surface area contributed by atoms with Crippen LogP contribution in [0.4, 0.5) is 9.18 Å². The molecule has 2 aliphatic heterocycles. The predicted molar refractivity (Wildman–Crippen MR) is 131 cm³/mol. The molecule has 0 unspecified atom stereocenters. The van der Waals surface area contributed by atoms with E-state index in [0.717, 1.165) is 63.1 Å². The Balaban J connectivity index is 0.00000289. The summed E-state index contributed by atoms with van der Waals surface area (Å²) in [6.45, 7) is 8.44. The van der Waals surface area contributed by atoms with Gasteiger partial charge in [0, 0.05) is 30.9 Å². The maximum atomic E-state index is 14.7. The topological polar surface area (TPSA) is 89.5 Å². The highest BCUT2D eigenvalue weighted by molar-refractivity contribution is 5.85. The molecule has 0 spiro atoms. The van der Waals surface area contributed by atoms with Gasteiger partial charge in [0.05, 0.1) is 12.8 Å². The summed E-state index contributed by atoms with van der Waals surface area (Å²) >= 11 is 0. The van der Waals surface area contributed by atoms with Gasteiger partial charge in [0.15, 0.2) is 0 Å². The van der Waals surface area contributed by atoms with Crippen molar-refractivity contribution in [1.82, 2.24) is 29.7 Å². The Labute approximate surface area is 210 Å². The van der Waals surface area contributed by atoms with Gasteiger partial charge in [-0.3, -0.25) is 0 Å². The van der Waals surface area contributed by atoms with Crippen LogP contribution in [0.5, 0.6) is 0 Å². The van der Waals surface area contributed by atoms with Crippen LogP contribution >= 0.6 is 12.4 Å². The lowest BCUT2D eigenvalue weighted by atomic mass is 9.95. The third-order valence-electron chi connectivity index (χ3n) is 7.02. The molecule has 2 fully saturated rings. The Bertz CT molecular complexity index is 1170. The fourth-order valence-corrected chi connectivity index (χ4v) is 5.20. The van der Waals surface area contributed by atoms with Crippen molar-refractivity contribution in [3.8, 4) is 5.95 Å². The monoisotopic (exact) mass is 506 g/mol. The van der Waals surface area contributed by atoms with Crippen LogP contribution in [0.1, 0.15) is 56.5 Å². The van der Waals surface area contributed by atoms with E-state index in [1.54, 1.807) is 11.0 Å². The number of para-hydroxylation sites is 1. The molecule has 0 bridgehead atoms. The Hall–Kier alpha value is -2.72. The van der Waals surface area contributed by atoms with Crippen LogP contribution < -0.4 is 0 Å². The molecule has 35 heavy (non-hydrogen) atoms. The van der Waals surface area contributed by atoms with Crippen molar-refractivity contribution in [2.75, 3.05) is 39.8 Å². The van der Waals surface area contributed by atoms with Gasteiger partial charge in [-0.25, -0.2) is 9.18 Å². The van der Waals surface area contributed by atoms with E-state index in [9.17, 15) is 9.18 Å². The summed E-state index contributed by atoms with van der Waals surface area (Å²) in [5, 5.41) is 9.54. The van der Waals surface area contributed by atoms with Crippen LogP contribution in [-0.2, 0) is 4.74 Å². The van der Waals surface area contributed by atoms with Crippen LogP contribution in [0.2, 0.25) is 0 Å². The molecular weight excluding hydrogens is 475 g/mol. The molecule has 0 radical (unpaired) electrons. The second-order valence-corrected chi connectivity index (χ2v) is 9.67. The molecule has 0 N–H and O–H groups in total. The third kappa shape index (κ3) is 4.99. The van der Waals surface area contributed by atoms with Gasteiger partial charge >= 0.3 is 6.09 Å². The first kappa shape index (κ1) is 25.4. The van der Waals surface area contributed by atoms with Gasteiger partial charge in [0.2, 0.25) is 5.89 Å². The number of nitrogens with zero attached hydrogens (tertiary/aromatic N) is 6. The van der Waals surface area contributed by atoms with Gasteiger partial charge < -0.3 is 19.1 Å². The maximum absolute atomic E-state index is 14.7. The lowest BCUT2D eigenvalue weighted by Crippen LogP contribution is -2.37. The number of rotatable bonds is 5. The van der Waals surface area contributed by atoms with Crippen molar-refractivity contribution >= 4 is 29.4 Å². The second-order valence-electron chi connectivity index (χ2n) is 9.67. The minimum atomic E-state index is -0.353. The quantitative estimate of drug-likeness (QED) is 0.508. The molecule has 4 heterocycles. The first-order valence-electron chi connectivity index (χ1n) is 12.0. The predicted octanol–water partition coefficient (Wildman–Crippen LogP) is 4.36. The molecule has 2 saturated heterocycles. The van der Waals surface area contributed by atoms with E-state index in [1.165, 1.54) is 17.9 Å². The van der Waals surface area contributed by atoms with Crippen LogP contribution in [0.15, 0.2) is 22.7 Å². The fourth-order valence-electron chi connectivity index (χ4n) is 5.20. The number of amides is 1. The third-order valence-corrected chi connectivity index (χ3v) is 7.02. The molecule has 1 amide bonds. The van der Waals surface area contributed by atoms with Gasteiger partial charge in [-0.05, 0) is 55.4 Å². The Morgan fingerprint density at radius 2 is 2.00 bits per heavy atom. The van der Waals surface area contributed by atoms with Crippen molar-refractivity contribution in [3.63, 3.8) is 0 Å². The second kappa shape index (κ2) is 10.5. The van der Waals surface area contributed by atoms with Crippen LogP contribution in [-0.4, -0.2) is 75.6 Å². The molecule has 2 aliphatic rings. The molecule has 11 heteroatoms. The zero-order valence-corrected chi connectivity index (χ0v) is 21.1. The number of hydrogen-bond donors (Lipinski definition) is 0. The lowest BCUT2D eigenvalue weighted by Gasteiger charge is -2.32. The van der Waals surface area contributed by atoms with Crippen LogP contribution in [0.25, 0.3) is 16.9 Å². The molecule has 1 atom stereocenters. The van der Waals surface area contributed by atoms with Crippen molar-refractivity contribution in [1.29, 1.82) is 0 Å². The van der Waals surface area contributed by atoms with E-state index in [0.29, 0.717) is 17.3 Å². The number of piperidine rings is 1. The molecule has 1 aromatic carbocycles. The maximum Gasteiger partial charge on any atom is 0.409 e. The summed E-state index contributed by atoms with van der Waals surface area (Å²) in [5.74, 6) is 1.29. The molecule has 190 valence electrons. The number of hydrogen-bond acceptors (Lipinski definition) is 7.